The summed E-state index contributed by atoms with van der Waals surface area (Å²) in [6.45, 7) is 0. The van der Waals surface area contributed by atoms with Crippen molar-refractivity contribution < 1.29 is 12.6 Å². The van der Waals surface area contributed by atoms with Crippen molar-refractivity contribution in [2.75, 3.05) is 0 Å². The maximum Gasteiger partial charge on any atom is 0.329 e. The molecule has 5 heteroatoms. The quantitative estimate of drug-likeness (QED) is 0.696. The molecule has 1 saturated carbocycles. The van der Waals surface area contributed by atoms with Crippen LogP contribution in [0.25, 0.3) is 0 Å². The van der Waals surface area contributed by atoms with Gasteiger partial charge in [-0.3, -0.25) is 4.18 Å². The van der Waals surface area contributed by atoms with Crippen molar-refractivity contribution in [1.82, 2.24) is 0 Å². The second-order valence-electron chi connectivity index (χ2n) is 2.75. The molecule has 11 heavy (non-hydrogen) atoms. The lowest BCUT2D eigenvalue weighted by molar-refractivity contribution is 0.168. The molecule has 0 aromatic heterocycles. The van der Waals surface area contributed by atoms with Gasteiger partial charge in [-0.1, -0.05) is 19.3 Å². The Balaban J connectivity index is 2.36. The van der Waals surface area contributed by atoms with Crippen molar-refractivity contribution in [1.29, 1.82) is 0 Å². The third-order valence-electron chi connectivity index (χ3n) is 1.80. The van der Waals surface area contributed by atoms with Gasteiger partial charge in [0.25, 0.3) is 0 Å². The SMILES string of the molecule is O=S(=O)(Br)OC1CCCCC1. The first-order valence-corrected chi connectivity index (χ1v) is 6.96. The lowest BCUT2D eigenvalue weighted by Crippen LogP contribution is -2.17. The fourth-order valence-corrected chi connectivity index (χ4v) is 2.49. The summed E-state index contributed by atoms with van der Waals surface area (Å²) in [5.41, 5.74) is 0. The van der Waals surface area contributed by atoms with Gasteiger partial charge >= 0.3 is 8.55 Å². The number of hydrogen-bond acceptors (Lipinski definition) is 3. The highest BCUT2D eigenvalue weighted by atomic mass is 79.9. The van der Waals surface area contributed by atoms with Crippen molar-refractivity contribution in [3.8, 4) is 0 Å². The topological polar surface area (TPSA) is 43.4 Å². The molecule has 0 radical (unpaired) electrons. The van der Waals surface area contributed by atoms with Crippen LogP contribution in [0, 0.1) is 0 Å². The largest absolute Gasteiger partial charge is 0.329 e. The Hall–Kier alpha value is 0.390. The molecule has 1 fully saturated rings. The van der Waals surface area contributed by atoms with Crippen LogP contribution in [0.3, 0.4) is 0 Å². The first kappa shape index (κ1) is 9.48. The summed E-state index contributed by atoms with van der Waals surface area (Å²) in [6, 6.07) is 0. The fourth-order valence-electron chi connectivity index (χ4n) is 1.32. The van der Waals surface area contributed by atoms with Crippen molar-refractivity contribution in [2.24, 2.45) is 0 Å². The molecule has 0 aliphatic heterocycles. The van der Waals surface area contributed by atoms with Crippen LogP contribution in [0.2, 0.25) is 0 Å². The highest BCUT2D eigenvalue weighted by molar-refractivity contribution is 9.46. The van der Waals surface area contributed by atoms with E-state index in [0.717, 1.165) is 25.7 Å². The van der Waals surface area contributed by atoms with E-state index in [9.17, 15) is 8.42 Å². The Morgan fingerprint density at radius 3 is 2.18 bits per heavy atom. The second-order valence-corrected chi connectivity index (χ2v) is 6.11. The second kappa shape index (κ2) is 3.87. The van der Waals surface area contributed by atoms with E-state index in [2.05, 4.69) is 14.8 Å². The predicted molar refractivity (Wildman–Crippen MR) is 45.8 cm³/mol. The van der Waals surface area contributed by atoms with Gasteiger partial charge in [0.2, 0.25) is 0 Å². The zero-order chi connectivity index (χ0) is 8.32. The standard InChI is InChI=1S/C6H11BrO3S/c7-11(8,9)10-6-4-2-1-3-5-6/h6H,1-5H2. The maximum absolute atomic E-state index is 10.6. The van der Waals surface area contributed by atoms with Crippen LogP contribution in [-0.2, 0) is 12.7 Å². The molecule has 1 aliphatic rings. The lowest BCUT2D eigenvalue weighted by atomic mass is 9.98. The molecule has 0 unspecified atom stereocenters. The molecular formula is C6H11BrO3S. The molecule has 0 heterocycles. The summed E-state index contributed by atoms with van der Waals surface area (Å²) in [5.74, 6) is 0. The van der Waals surface area contributed by atoms with Gasteiger partial charge in [-0.05, 0) is 12.8 Å². The van der Waals surface area contributed by atoms with Crippen molar-refractivity contribution >= 4 is 23.4 Å². The molecule has 0 aromatic carbocycles. The van der Waals surface area contributed by atoms with Gasteiger partial charge in [-0.25, -0.2) is 0 Å². The van der Waals surface area contributed by atoms with Crippen LogP contribution in [0.15, 0.2) is 0 Å². The smallest absolute Gasteiger partial charge is 0.258 e. The Kier molecular flexibility index (Phi) is 3.33. The molecule has 0 aromatic rings. The van der Waals surface area contributed by atoms with Crippen molar-refractivity contribution in [3.63, 3.8) is 0 Å². The summed E-state index contributed by atoms with van der Waals surface area (Å²) in [6.07, 6.45) is 4.99. The normalized spacial score (nSPS) is 21.9. The Bertz CT molecular complexity index is 206. The maximum atomic E-state index is 10.6. The zero-order valence-corrected chi connectivity index (χ0v) is 8.53. The summed E-state index contributed by atoms with van der Waals surface area (Å²) in [4.78, 5) is 0. The molecule has 0 spiro atoms. The van der Waals surface area contributed by atoms with Gasteiger partial charge in [-0.15, -0.1) is 0 Å². The third kappa shape index (κ3) is 4.08. The van der Waals surface area contributed by atoms with Crippen LogP contribution >= 0.6 is 14.8 Å². The number of halogens is 1. The van der Waals surface area contributed by atoms with Gasteiger partial charge in [0, 0.05) is 0 Å². The summed E-state index contributed by atoms with van der Waals surface area (Å²) in [7, 11) is -3.41. The minimum atomic E-state index is -3.41. The van der Waals surface area contributed by atoms with E-state index < -0.39 is 8.55 Å². The van der Waals surface area contributed by atoms with Crippen LogP contribution in [-0.4, -0.2) is 14.5 Å². The van der Waals surface area contributed by atoms with Gasteiger partial charge in [0.1, 0.15) is 0 Å². The molecule has 3 nitrogen and oxygen atoms in total. The third-order valence-corrected chi connectivity index (χ3v) is 2.76. The first-order valence-electron chi connectivity index (χ1n) is 3.71. The molecule has 0 atom stereocenters. The highest BCUT2D eigenvalue weighted by Crippen LogP contribution is 2.23. The number of rotatable bonds is 2. The predicted octanol–water partition coefficient (Wildman–Crippen LogP) is 1.98. The van der Waals surface area contributed by atoms with Crippen LogP contribution in [0.4, 0.5) is 0 Å². The van der Waals surface area contributed by atoms with E-state index >= 15 is 0 Å². The average Bonchev–Trinajstić information content (AvgIpc) is 1.85. The van der Waals surface area contributed by atoms with Gasteiger partial charge in [0.05, 0.1) is 20.9 Å². The van der Waals surface area contributed by atoms with Gasteiger partial charge in [0.15, 0.2) is 0 Å². The average molecular weight is 243 g/mol. The molecule has 0 N–H and O–H groups in total. The Morgan fingerprint density at radius 1 is 1.18 bits per heavy atom. The molecule has 1 rings (SSSR count). The Labute approximate surface area is 74.4 Å². The lowest BCUT2D eigenvalue weighted by Gasteiger charge is -2.19. The monoisotopic (exact) mass is 242 g/mol. The Morgan fingerprint density at radius 2 is 1.73 bits per heavy atom. The molecule has 1 aliphatic carbocycles. The van der Waals surface area contributed by atoms with Crippen LogP contribution in [0.5, 0.6) is 0 Å². The van der Waals surface area contributed by atoms with Crippen molar-refractivity contribution in [2.45, 2.75) is 38.2 Å². The van der Waals surface area contributed by atoms with Crippen molar-refractivity contribution in [3.05, 3.63) is 0 Å². The summed E-state index contributed by atoms with van der Waals surface area (Å²) >= 11 is 2.46. The van der Waals surface area contributed by atoms with E-state index in [-0.39, 0.29) is 6.10 Å². The summed E-state index contributed by atoms with van der Waals surface area (Å²) in [5, 5.41) is 0. The minimum absolute atomic E-state index is 0.0897. The summed E-state index contributed by atoms with van der Waals surface area (Å²) < 4.78 is 26.0. The van der Waals surface area contributed by atoms with E-state index in [1.54, 1.807) is 0 Å². The van der Waals surface area contributed by atoms with E-state index in [1.165, 1.54) is 6.42 Å². The van der Waals surface area contributed by atoms with Crippen LogP contribution in [0.1, 0.15) is 32.1 Å². The van der Waals surface area contributed by atoms with Crippen LogP contribution < -0.4 is 0 Å². The molecule has 0 saturated heterocycles. The molecule has 0 amide bonds. The number of hydrogen-bond donors (Lipinski definition) is 0. The molecular weight excluding hydrogens is 232 g/mol. The molecule has 66 valence electrons. The zero-order valence-electron chi connectivity index (χ0n) is 6.12. The van der Waals surface area contributed by atoms with Gasteiger partial charge in [-0.2, -0.15) is 8.42 Å². The van der Waals surface area contributed by atoms with Gasteiger partial charge < -0.3 is 0 Å². The minimum Gasteiger partial charge on any atom is -0.258 e. The molecule has 0 bridgehead atoms. The first-order chi connectivity index (χ1) is 5.08. The van der Waals surface area contributed by atoms with E-state index in [1.807, 2.05) is 0 Å². The van der Waals surface area contributed by atoms with E-state index in [0.29, 0.717) is 0 Å². The highest BCUT2D eigenvalue weighted by Gasteiger charge is 2.18. The van der Waals surface area contributed by atoms with E-state index in [4.69, 9.17) is 4.18 Å². The fraction of sp³-hybridized carbons (Fsp3) is 1.00.